The molecule has 0 aromatic heterocycles. The molecule has 0 spiro atoms. The molecule has 0 amide bonds. The van der Waals surface area contributed by atoms with Crippen LogP contribution in [0.15, 0.2) is 107 Å². The van der Waals surface area contributed by atoms with E-state index in [0.717, 1.165) is 0 Å². The third-order valence-corrected chi connectivity index (χ3v) is 9.68. The number of aromatic hydroxyl groups is 2. The van der Waals surface area contributed by atoms with E-state index in [1.807, 2.05) is 12.1 Å². The van der Waals surface area contributed by atoms with Crippen LogP contribution >= 0.6 is 0 Å². The second kappa shape index (κ2) is 20.4. The van der Waals surface area contributed by atoms with Gasteiger partial charge in [0.15, 0.2) is 0 Å². The summed E-state index contributed by atoms with van der Waals surface area (Å²) in [4.78, 5) is 8.25. The molecule has 0 saturated heterocycles. The first-order valence-electron chi connectivity index (χ1n) is 13.8. The number of hydrogen-bond acceptors (Lipinski definition) is 4. The number of para-hydroxylation sites is 2. The van der Waals surface area contributed by atoms with Crippen LogP contribution in [0.1, 0.15) is 50.7 Å². The van der Waals surface area contributed by atoms with Gasteiger partial charge >= 0.3 is 69.5 Å². The van der Waals surface area contributed by atoms with Gasteiger partial charge in [0, 0.05) is 23.6 Å². The van der Waals surface area contributed by atoms with Crippen molar-refractivity contribution in [3.05, 3.63) is 120 Å². The second-order valence-corrected chi connectivity index (χ2v) is 13.3. The average molecular weight is 663 g/mol. The molecule has 2 N–H and O–H groups in total. The van der Waals surface area contributed by atoms with Crippen LogP contribution in [0.5, 0.6) is 11.5 Å². The predicted molar refractivity (Wildman–Crippen MR) is 169 cm³/mol. The Morgan fingerprint density at radius 2 is 0.951 bits per heavy atom. The van der Waals surface area contributed by atoms with E-state index in [2.05, 4.69) is 23.8 Å². The topological polar surface area (TPSA) is 65.2 Å². The van der Waals surface area contributed by atoms with E-state index < -0.39 is 0 Å². The van der Waals surface area contributed by atoms with Gasteiger partial charge in [0.2, 0.25) is 0 Å². The third kappa shape index (κ3) is 14.6. The Hall–Kier alpha value is -3.52. The first kappa shape index (κ1) is 33.7. The smallest absolute Gasteiger partial charge is 0.124 e. The number of rotatable bonds is 10. The molecule has 4 nitrogen and oxygen atoms in total. The average Bonchev–Trinajstić information content (AvgIpc) is 2.99. The van der Waals surface area contributed by atoms with Crippen LogP contribution in [0.3, 0.4) is 0 Å². The summed E-state index contributed by atoms with van der Waals surface area (Å²) in [7, 11) is 0. The molecule has 0 atom stereocenters. The monoisotopic (exact) mass is 664 g/mol. The van der Waals surface area contributed by atoms with Crippen LogP contribution in [0.2, 0.25) is 8.87 Å². The number of aliphatic imine (C=N–C) groups is 2. The summed E-state index contributed by atoms with van der Waals surface area (Å²) in [6, 6.07) is 25.5. The summed E-state index contributed by atoms with van der Waals surface area (Å²) in [6.07, 6.45) is 8.93. The van der Waals surface area contributed by atoms with Crippen molar-refractivity contribution < 1.29 is 19.0 Å². The quantitative estimate of drug-likeness (QED) is 0.101. The molecule has 0 aliphatic heterocycles. The molecule has 0 fully saturated rings. The van der Waals surface area contributed by atoms with Gasteiger partial charge in [-0.3, -0.25) is 9.98 Å². The van der Waals surface area contributed by atoms with Crippen molar-refractivity contribution in [3.8, 4) is 11.5 Å². The van der Waals surface area contributed by atoms with Crippen molar-refractivity contribution in [1.29, 1.82) is 0 Å². The van der Waals surface area contributed by atoms with Crippen molar-refractivity contribution in [2.24, 2.45) is 9.98 Å². The summed E-state index contributed by atoms with van der Waals surface area (Å²) in [5, 5.41) is 19.0. The number of phenolic OH excluding ortho intramolecular Hbond substituents is 2. The minimum Gasteiger partial charge on any atom is -0.507 e. The molecule has 41 heavy (non-hydrogen) atoms. The van der Waals surface area contributed by atoms with Gasteiger partial charge in [0.25, 0.3) is 0 Å². The molecule has 0 saturated carbocycles. The minimum absolute atomic E-state index is 0.149. The van der Waals surface area contributed by atoms with Gasteiger partial charge in [-0.1, -0.05) is 24.3 Å². The van der Waals surface area contributed by atoms with Crippen molar-refractivity contribution in [2.75, 3.05) is 0 Å². The van der Waals surface area contributed by atoms with E-state index >= 15 is 0 Å². The fourth-order valence-corrected chi connectivity index (χ4v) is 7.42. The van der Waals surface area contributed by atoms with E-state index in [4.69, 9.17) is 0 Å². The van der Waals surface area contributed by atoms with Crippen molar-refractivity contribution >= 4 is 44.9 Å². The van der Waals surface area contributed by atoms with Gasteiger partial charge < -0.3 is 10.2 Å². The Balaban J connectivity index is 0.000000225. The maximum absolute atomic E-state index is 12.6. The molecular formula is C34H38F2N2O2Sn. The fourth-order valence-electron chi connectivity index (χ4n) is 3.26. The van der Waals surface area contributed by atoms with Crippen LogP contribution in [0.25, 0.3) is 0 Å². The Morgan fingerprint density at radius 3 is 1.29 bits per heavy atom. The predicted octanol–water partition coefficient (Wildman–Crippen LogP) is 9.69. The SMILES string of the molecule is CCC[CH2][Sn][CH2]CCC.Oc1ccccc1C=Nc1ccc(F)cc1.Oc1ccccc1C=Nc1ccc(F)cc1. The molecule has 2 radical (unpaired) electrons. The maximum Gasteiger partial charge on any atom is 0.124 e. The van der Waals surface area contributed by atoms with E-state index in [-0.39, 0.29) is 44.3 Å². The first-order valence-corrected chi connectivity index (χ1v) is 17.8. The number of unbranched alkanes of at least 4 members (excludes halogenated alkanes) is 2. The molecule has 4 aromatic rings. The van der Waals surface area contributed by atoms with Gasteiger partial charge in [-0.25, -0.2) is 8.78 Å². The number of hydrogen-bond donors (Lipinski definition) is 2. The molecule has 0 bridgehead atoms. The Kier molecular flexibility index (Phi) is 16.7. The third-order valence-electron chi connectivity index (χ3n) is 5.65. The number of nitrogens with zero attached hydrogens (tertiary/aromatic N) is 2. The maximum atomic E-state index is 12.6. The van der Waals surface area contributed by atoms with Crippen LogP contribution < -0.4 is 0 Å². The van der Waals surface area contributed by atoms with Gasteiger partial charge in [0.05, 0.1) is 11.4 Å². The molecular weight excluding hydrogens is 625 g/mol. The summed E-state index contributed by atoms with van der Waals surface area (Å²) in [6.45, 7) is 4.58. The van der Waals surface area contributed by atoms with E-state index in [0.29, 0.717) is 22.5 Å². The van der Waals surface area contributed by atoms with Crippen molar-refractivity contribution in [1.82, 2.24) is 0 Å². The molecule has 0 aliphatic rings. The number of benzene rings is 4. The molecule has 0 heterocycles. The minimum atomic E-state index is -0.290. The summed E-state index contributed by atoms with van der Waals surface area (Å²) < 4.78 is 28.5. The summed E-state index contributed by atoms with van der Waals surface area (Å²) in [5.74, 6) is -0.232. The fraction of sp³-hybridized carbons (Fsp3) is 0.235. The van der Waals surface area contributed by atoms with Gasteiger partial charge in [-0.2, -0.15) is 0 Å². The van der Waals surface area contributed by atoms with Crippen LogP contribution in [-0.2, 0) is 0 Å². The molecule has 7 heteroatoms. The summed E-state index contributed by atoms with van der Waals surface area (Å²) in [5.41, 5.74) is 2.55. The van der Waals surface area contributed by atoms with Gasteiger partial charge in [-0.05, 0) is 72.8 Å². The zero-order valence-electron chi connectivity index (χ0n) is 23.7. The van der Waals surface area contributed by atoms with Crippen LogP contribution in [-0.4, -0.2) is 43.8 Å². The molecule has 214 valence electrons. The Morgan fingerprint density at radius 1 is 0.585 bits per heavy atom. The standard InChI is InChI=1S/2C13H10FNO.2C4H9.Sn/c2*14-11-5-7-12(8-6-11)15-9-10-3-1-2-4-13(10)16;2*1-3-4-2;/h2*1-9,16H;2*1,3-4H2,2H3;. The van der Waals surface area contributed by atoms with E-state index in [9.17, 15) is 19.0 Å². The molecule has 4 aromatic carbocycles. The molecule has 0 aliphatic carbocycles. The van der Waals surface area contributed by atoms with E-state index in [1.54, 1.807) is 82.0 Å². The Bertz CT molecular complexity index is 1220. The zero-order valence-corrected chi connectivity index (χ0v) is 26.5. The summed E-state index contributed by atoms with van der Waals surface area (Å²) >= 11 is 0.149. The largest absolute Gasteiger partial charge is 0.507 e. The van der Waals surface area contributed by atoms with Crippen LogP contribution in [0, 0.1) is 11.6 Å². The first-order chi connectivity index (χ1) is 19.9. The zero-order chi connectivity index (χ0) is 29.7. The van der Waals surface area contributed by atoms with E-state index in [1.165, 1.54) is 49.9 Å². The second-order valence-electron chi connectivity index (χ2n) is 9.04. The number of phenols is 2. The normalized spacial score (nSPS) is 10.6. The van der Waals surface area contributed by atoms with Crippen LogP contribution in [0.4, 0.5) is 20.2 Å². The van der Waals surface area contributed by atoms with Gasteiger partial charge in [0.1, 0.15) is 23.1 Å². The van der Waals surface area contributed by atoms with Crippen molar-refractivity contribution in [2.45, 2.75) is 48.4 Å². The van der Waals surface area contributed by atoms with Gasteiger partial charge in [-0.15, -0.1) is 0 Å². The number of halogens is 2. The Labute approximate surface area is 252 Å². The van der Waals surface area contributed by atoms with Crippen molar-refractivity contribution in [3.63, 3.8) is 0 Å². The molecule has 4 rings (SSSR count). The molecule has 0 unspecified atom stereocenters.